The van der Waals surface area contributed by atoms with Crippen molar-refractivity contribution in [2.45, 2.75) is 64.1 Å². The molecule has 1 heterocycles. The van der Waals surface area contributed by atoms with Gasteiger partial charge in [-0.15, -0.1) is 0 Å². The summed E-state index contributed by atoms with van der Waals surface area (Å²) in [6.07, 6.45) is 11.3. The molecular formula is C15H26BrN3O. The van der Waals surface area contributed by atoms with Crippen LogP contribution < -0.4 is 5.32 Å². The molecule has 114 valence electrons. The van der Waals surface area contributed by atoms with E-state index in [1.54, 1.807) is 0 Å². The Hall–Kier alpha value is -0.390. The van der Waals surface area contributed by atoms with Gasteiger partial charge in [-0.2, -0.15) is 5.10 Å². The van der Waals surface area contributed by atoms with Gasteiger partial charge < -0.3 is 10.4 Å². The van der Waals surface area contributed by atoms with E-state index in [4.69, 9.17) is 0 Å². The van der Waals surface area contributed by atoms with Crippen LogP contribution in [-0.2, 0) is 6.54 Å². The highest BCUT2D eigenvalue weighted by molar-refractivity contribution is 9.10. The minimum atomic E-state index is 0.272. The van der Waals surface area contributed by atoms with Crippen molar-refractivity contribution in [3.8, 4) is 0 Å². The number of aliphatic hydroxyl groups excluding tert-OH is 1. The molecule has 0 aliphatic heterocycles. The normalized spacial score (nSPS) is 19.9. The van der Waals surface area contributed by atoms with Crippen molar-refractivity contribution in [3.63, 3.8) is 0 Å². The fourth-order valence-electron chi connectivity index (χ4n) is 3.27. The van der Waals surface area contributed by atoms with Gasteiger partial charge in [-0.1, -0.05) is 19.3 Å². The van der Waals surface area contributed by atoms with Gasteiger partial charge in [0.15, 0.2) is 0 Å². The monoisotopic (exact) mass is 343 g/mol. The van der Waals surface area contributed by atoms with Gasteiger partial charge in [0.25, 0.3) is 0 Å². The number of rotatable bonds is 7. The summed E-state index contributed by atoms with van der Waals surface area (Å²) in [6, 6.07) is 0.801. The lowest BCUT2D eigenvalue weighted by atomic mass is 9.82. The van der Waals surface area contributed by atoms with Gasteiger partial charge in [0.05, 0.1) is 17.2 Å². The molecule has 2 N–H and O–H groups in total. The molecule has 5 heteroatoms. The largest absolute Gasteiger partial charge is 0.396 e. The van der Waals surface area contributed by atoms with Gasteiger partial charge in [-0.25, -0.2) is 0 Å². The first-order valence-corrected chi connectivity index (χ1v) is 8.53. The van der Waals surface area contributed by atoms with Crippen molar-refractivity contribution in [2.75, 3.05) is 6.61 Å². The van der Waals surface area contributed by atoms with E-state index in [-0.39, 0.29) is 6.61 Å². The molecule has 2 unspecified atom stereocenters. The number of hydrogen-bond acceptors (Lipinski definition) is 3. The summed E-state index contributed by atoms with van der Waals surface area (Å²) in [5, 5.41) is 17.3. The van der Waals surface area contributed by atoms with Crippen LogP contribution in [0.15, 0.2) is 16.9 Å². The number of halogens is 1. The Bertz CT molecular complexity index is 390. The van der Waals surface area contributed by atoms with E-state index in [9.17, 15) is 5.11 Å². The van der Waals surface area contributed by atoms with E-state index >= 15 is 0 Å². The highest BCUT2D eigenvalue weighted by atomic mass is 79.9. The van der Waals surface area contributed by atoms with Gasteiger partial charge in [0.2, 0.25) is 0 Å². The molecule has 4 nitrogen and oxygen atoms in total. The Morgan fingerprint density at radius 2 is 2.20 bits per heavy atom. The molecule has 1 aromatic heterocycles. The highest BCUT2D eigenvalue weighted by Crippen LogP contribution is 2.28. The molecule has 2 rings (SSSR count). The Balaban J connectivity index is 1.86. The van der Waals surface area contributed by atoms with E-state index in [0.29, 0.717) is 12.1 Å². The van der Waals surface area contributed by atoms with Crippen LogP contribution in [0.3, 0.4) is 0 Å². The standard InChI is InChI=1S/C15H26BrN3O/c1-12(10-19-11-14(16)9-17-19)18-15(7-8-20)13-5-3-2-4-6-13/h9,11-13,15,18,20H,2-8,10H2,1H3. The topological polar surface area (TPSA) is 50.1 Å². The first-order valence-electron chi connectivity index (χ1n) is 7.74. The van der Waals surface area contributed by atoms with E-state index in [0.717, 1.165) is 23.4 Å². The van der Waals surface area contributed by atoms with Gasteiger partial charge >= 0.3 is 0 Å². The smallest absolute Gasteiger partial charge is 0.0632 e. The molecule has 1 aromatic rings. The van der Waals surface area contributed by atoms with Crippen molar-refractivity contribution in [1.29, 1.82) is 0 Å². The number of aromatic nitrogens is 2. The lowest BCUT2D eigenvalue weighted by Gasteiger charge is -2.33. The molecule has 1 aliphatic rings. The van der Waals surface area contributed by atoms with Crippen molar-refractivity contribution in [2.24, 2.45) is 5.92 Å². The second kappa shape index (κ2) is 8.15. The lowest BCUT2D eigenvalue weighted by molar-refractivity contribution is 0.193. The molecule has 20 heavy (non-hydrogen) atoms. The van der Waals surface area contributed by atoms with Crippen molar-refractivity contribution < 1.29 is 5.11 Å². The van der Waals surface area contributed by atoms with Gasteiger partial charge in [0, 0.05) is 24.9 Å². The van der Waals surface area contributed by atoms with Crippen LogP contribution in [0, 0.1) is 5.92 Å². The third-order valence-electron chi connectivity index (χ3n) is 4.22. The van der Waals surface area contributed by atoms with E-state index in [2.05, 4.69) is 33.3 Å². The summed E-state index contributed by atoms with van der Waals surface area (Å²) in [4.78, 5) is 0. The maximum absolute atomic E-state index is 9.31. The van der Waals surface area contributed by atoms with Crippen LogP contribution >= 0.6 is 15.9 Å². The quantitative estimate of drug-likeness (QED) is 0.800. The lowest BCUT2D eigenvalue weighted by Crippen LogP contribution is -2.44. The average Bonchev–Trinajstić information content (AvgIpc) is 2.84. The summed E-state index contributed by atoms with van der Waals surface area (Å²) >= 11 is 3.42. The zero-order chi connectivity index (χ0) is 14.4. The van der Waals surface area contributed by atoms with Crippen molar-refractivity contribution in [1.82, 2.24) is 15.1 Å². The van der Waals surface area contributed by atoms with Crippen LogP contribution in [0.25, 0.3) is 0 Å². The van der Waals surface area contributed by atoms with Gasteiger partial charge in [-0.05, 0) is 48.0 Å². The van der Waals surface area contributed by atoms with E-state index in [1.807, 2.05) is 17.1 Å². The maximum atomic E-state index is 9.31. The second-order valence-electron chi connectivity index (χ2n) is 5.97. The summed E-state index contributed by atoms with van der Waals surface area (Å²) in [7, 11) is 0. The van der Waals surface area contributed by atoms with E-state index < -0.39 is 0 Å². The Morgan fingerprint density at radius 3 is 2.80 bits per heavy atom. The van der Waals surface area contributed by atoms with Crippen LogP contribution in [0.2, 0.25) is 0 Å². The summed E-state index contributed by atoms with van der Waals surface area (Å²) in [5.41, 5.74) is 0. The maximum Gasteiger partial charge on any atom is 0.0632 e. The van der Waals surface area contributed by atoms with Crippen LogP contribution in [-0.4, -0.2) is 33.6 Å². The molecule has 0 bridgehead atoms. The first-order chi connectivity index (χ1) is 9.69. The number of nitrogens with one attached hydrogen (secondary N) is 1. The van der Waals surface area contributed by atoms with Crippen molar-refractivity contribution >= 4 is 15.9 Å². The molecule has 0 saturated heterocycles. The minimum Gasteiger partial charge on any atom is -0.396 e. The van der Waals surface area contributed by atoms with E-state index in [1.165, 1.54) is 32.1 Å². The zero-order valence-electron chi connectivity index (χ0n) is 12.3. The van der Waals surface area contributed by atoms with Crippen LogP contribution in [0.5, 0.6) is 0 Å². The Labute approximate surface area is 130 Å². The fraction of sp³-hybridized carbons (Fsp3) is 0.800. The third-order valence-corrected chi connectivity index (χ3v) is 4.63. The molecule has 1 fully saturated rings. The third kappa shape index (κ3) is 4.86. The number of hydrogen-bond donors (Lipinski definition) is 2. The van der Waals surface area contributed by atoms with Crippen LogP contribution in [0.4, 0.5) is 0 Å². The molecule has 0 aromatic carbocycles. The summed E-state index contributed by atoms with van der Waals surface area (Å²) < 4.78 is 2.97. The Kier molecular flexibility index (Phi) is 6.52. The highest BCUT2D eigenvalue weighted by Gasteiger charge is 2.24. The summed E-state index contributed by atoms with van der Waals surface area (Å²) in [5.74, 6) is 0.725. The molecular weight excluding hydrogens is 318 g/mol. The predicted octanol–water partition coefficient (Wildman–Crippen LogP) is 2.96. The first kappa shape index (κ1) is 16.0. The Morgan fingerprint density at radius 1 is 1.45 bits per heavy atom. The zero-order valence-corrected chi connectivity index (χ0v) is 13.8. The molecule has 0 spiro atoms. The molecule has 1 saturated carbocycles. The second-order valence-corrected chi connectivity index (χ2v) is 6.88. The van der Waals surface area contributed by atoms with Gasteiger partial charge in [0.1, 0.15) is 0 Å². The van der Waals surface area contributed by atoms with Crippen LogP contribution in [0.1, 0.15) is 45.4 Å². The van der Waals surface area contributed by atoms with Crippen molar-refractivity contribution in [3.05, 3.63) is 16.9 Å². The minimum absolute atomic E-state index is 0.272. The fourth-order valence-corrected chi connectivity index (χ4v) is 3.60. The SMILES string of the molecule is CC(Cn1cc(Br)cn1)NC(CCO)C1CCCCC1. The molecule has 0 amide bonds. The predicted molar refractivity (Wildman–Crippen MR) is 84.6 cm³/mol. The average molecular weight is 344 g/mol. The number of nitrogens with zero attached hydrogens (tertiary/aromatic N) is 2. The molecule has 0 radical (unpaired) electrons. The van der Waals surface area contributed by atoms with Gasteiger partial charge in [-0.3, -0.25) is 4.68 Å². The summed E-state index contributed by atoms with van der Waals surface area (Å²) in [6.45, 7) is 3.33. The number of aliphatic hydroxyl groups is 1. The molecule has 1 aliphatic carbocycles. The molecule has 2 atom stereocenters.